The molecule has 112 valence electrons. The van der Waals surface area contributed by atoms with Gasteiger partial charge in [-0.2, -0.15) is 0 Å². The van der Waals surface area contributed by atoms with E-state index in [1.54, 1.807) is 6.07 Å². The van der Waals surface area contributed by atoms with Crippen molar-refractivity contribution in [3.63, 3.8) is 0 Å². The van der Waals surface area contributed by atoms with Crippen LogP contribution in [-0.4, -0.2) is 22.1 Å². The van der Waals surface area contributed by atoms with Gasteiger partial charge in [-0.1, -0.05) is 24.4 Å². The maximum atomic E-state index is 12.4. The van der Waals surface area contributed by atoms with Crippen molar-refractivity contribution in [2.24, 2.45) is 5.92 Å². The second-order valence-electron chi connectivity index (χ2n) is 4.92. The molecule has 1 aliphatic carbocycles. The highest BCUT2D eigenvalue weighted by Crippen LogP contribution is 2.35. The van der Waals surface area contributed by atoms with Gasteiger partial charge in [0.1, 0.15) is 4.90 Å². The highest BCUT2D eigenvalue weighted by Gasteiger charge is 2.24. The molecule has 1 N–H and O–H groups in total. The molecule has 20 heavy (non-hydrogen) atoms. The predicted octanol–water partition coefficient (Wildman–Crippen LogP) is 3.58. The molecule has 1 aromatic carbocycles. The Hall–Kier alpha value is -0.300. The summed E-state index contributed by atoms with van der Waals surface area (Å²) in [6.45, 7) is 0.468. The molecule has 1 aliphatic rings. The van der Waals surface area contributed by atoms with Gasteiger partial charge in [-0.15, -0.1) is 0 Å². The first-order chi connectivity index (χ1) is 9.44. The van der Waals surface area contributed by atoms with Gasteiger partial charge >= 0.3 is 0 Å². The van der Waals surface area contributed by atoms with Crippen LogP contribution in [0.4, 0.5) is 0 Å². The quantitative estimate of drug-likeness (QED) is 0.847. The van der Waals surface area contributed by atoms with Crippen LogP contribution in [0.5, 0.6) is 5.75 Å². The van der Waals surface area contributed by atoms with E-state index in [-0.39, 0.29) is 10.6 Å². The highest BCUT2D eigenvalue weighted by molar-refractivity contribution is 9.10. The summed E-state index contributed by atoms with van der Waals surface area (Å²) in [6.07, 6.45) is 4.52. The van der Waals surface area contributed by atoms with Crippen LogP contribution >= 0.6 is 27.5 Å². The average Bonchev–Trinajstić information content (AvgIpc) is 2.89. The monoisotopic (exact) mass is 381 g/mol. The van der Waals surface area contributed by atoms with E-state index in [0.29, 0.717) is 22.0 Å². The number of methoxy groups -OCH3 is 1. The minimum absolute atomic E-state index is 0.0670. The van der Waals surface area contributed by atoms with E-state index >= 15 is 0 Å². The summed E-state index contributed by atoms with van der Waals surface area (Å²) in [5.41, 5.74) is 0. The van der Waals surface area contributed by atoms with Gasteiger partial charge in [0.2, 0.25) is 10.0 Å². The summed E-state index contributed by atoms with van der Waals surface area (Å²) >= 11 is 9.20. The lowest BCUT2D eigenvalue weighted by Crippen LogP contribution is -2.29. The molecule has 0 aliphatic heterocycles. The fourth-order valence-corrected chi connectivity index (χ4v) is 4.95. The molecular weight excluding hydrogens is 366 g/mol. The van der Waals surface area contributed by atoms with E-state index in [9.17, 15) is 8.42 Å². The molecule has 0 spiro atoms. The Morgan fingerprint density at radius 1 is 1.40 bits per heavy atom. The highest BCUT2D eigenvalue weighted by atomic mass is 79.9. The van der Waals surface area contributed by atoms with Gasteiger partial charge in [0, 0.05) is 11.6 Å². The van der Waals surface area contributed by atoms with E-state index in [2.05, 4.69) is 20.7 Å². The van der Waals surface area contributed by atoms with Gasteiger partial charge in [0.05, 0.1) is 11.6 Å². The lowest BCUT2D eigenvalue weighted by molar-refractivity contribution is 0.399. The fourth-order valence-electron chi connectivity index (χ4n) is 2.45. The van der Waals surface area contributed by atoms with E-state index in [0.717, 1.165) is 12.8 Å². The van der Waals surface area contributed by atoms with Gasteiger partial charge in [0.15, 0.2) is 5.75 Å². The summed E-state index contributed by atoms with van der Waals surface area (Å²) in [5.74, 6) is 0.701. The van der Waals surface area contributed by atoms with E-state index < -0.39 is 10.0 Å². The standard InChI is InChI=1S/C13H17BrClNO3S/c1-19-13-11(14)6-10(15)7-12(13)20(17,18)16-8-9-4-2-3-5-9/h6-7,9,16H,2-5,8H2,1H3. The molecule has 1 saturated carbocycles. The summed E-state index contributed by atoms with van der Waals surface area (Å²) < 4.78 is 33.2. The Balaban J connectivity index is 2.24. The van der Waals surface area contributed by atoms with Crippen LogP contribution in [0.2, 0.25) is 5.02 Å². The molecule has 0 bridgehead atoms. The molecule has 0 atom stereocenters. The molecule has 0 unspecified atom stereocenters. The van der Waals surface area contributed by atoms with Crippen molar-refractivity contribution in [1.82, 2.24) is 4.72 Å². The third-order valence-corrected chi connectivity index (χ3v) is 5.74. The molecule has 2 rings (SSSR count). The van der Waals surface area contributed by atoms with Crippen LogP contribution in [0.25, 0.3) is 0 Å². The number of hydrogen-bond donors (Lipinski definition) is 1. The van der Waals surface area contributed by atoms with Crippen molar-refractivity contribution in [2.75, 3.05) is 13.7 Å². The van der Waals surface area contributed by atoms with Gasteiger partial charge in [-0.05, 0) is 46.8 Å². The molecule has 1 aromatic rings. The Labute approximate surface area is 133 Å². The maximum absolute atomic E-state index is 12.4. The van der Waals surface area contributed by atoms with Crippen LogP contribution in [0.15, 0.2) is 21.5 Å². The van der Waals surface area contributed by atoms with E-state index in [1.807, 2.05) is 0 Å². The SMILES string of the molecule is COc1c(Br)cc(Cl)cc1S(=O)(=O)NCC1CCCC1. The molecule has 1 fully saturated rings. The van der Waals surface area contributed by atoms with E-state index in [4.69, 9.17) is 16.3 Å². The molecule has 4 nitrogen and oxygen atoms in total. The van der Waals surface area contributed by atoms with Gasteiger partial charge in [-0.25, -0.2) is 13.1 Å². The van der Waals surface area contributed by atoms with Crippen LogP contribution in [0.3, 0.4) is 0 Å². The molecule has 0 amide bonds. The number of nitrogens with one attached hydrogen (secondary N) is 1. The predicted molar refractivity (Wildman–Crippen MR) is 82.9 cm³/mol. The van der Waals surface area contributed by atoms with Crippen molar-refractivity contribution in [1.29, 1.82) is 0 Å². The smallest absolute Gasteiger partial charge is 0.244 e. The summed E-state index contributed by atoms with van der Waals surface area (Å²) in [4.78, 5) is 0.0670. The van der Waals surface area contributed by atoms with Crippen LogP contribution in [-0.2, 0) is 10.0 Å². The lowest BCUT2D eigenvalue weighted by Gasteiger charge is -2.14. The van der Waals surface area contributed by atoms with Gasteiger partial charge < -0.3 is 4.74 Å². The maximum Gasteiger partial charge on any atom is 0.244 e. The number of hydrogen-bond acceptors (Lipinski definition) is 3. The average molecular weight is 383 g/mol. The van der Waals surface area contributed by atoms with Crippen LogP contribution in [0, 0.1) is 5.92 Å². The van der Waals surface area contributed by atoms with Crippen LogP contribution in [0.1, 0.15) is 25.7 Å². The lowest BCUT2D eigenvalue weighted by atomic mass is 10.1. The third-order valence-electron chi connectivity index (χ3n) is 3.50. The number of ether oxygens (including phenoxy) is 1. The Bertz CT molecular complexity index is 586. The van der Waals surface area contributed by atoms with Crippen molar-refractivity contribution in [3.05, 3.63) is 21.6 Å². The molecule has 0 heterocycles. The first-order valence-electron chi connectivity index (χ1n) is 6.46. The summed E-state index contributed by atoms with van der Waals surface area (Å²) in [6, 6.07) is 3.01. The Morgan fingerprint density at radius 2 is 2.05 bits per heavy atom. The molecule has 7 heteroatoms. The minimum atomic E-state index is -3.62. The van der Waals surface area contributed by atoms with Crippen molar-refractivity contribution >= 4 is 37.6 Å². The molecule has 0 aromatic heterocycles. The topological polar surface area (TPSA) is 55.4 Å². The van der Waals surface area contributed by atoms with E-state index in [1.165, 1.54) is 26.0 Å². The minimum Gasteiger partial charge on any atom is -0.494 e. The second kappa shape index (κ2) is 6.64. The Kier molecular flexibility index (Phi) is 5.34. The van der Waals surface area contributed by atoms with Gasteiger partial charge in [-0.3, -0.25) is 0 Å². The number of halogens is 2. The first kappa shape index (κ1) is 16.1. The summed E-state index contributed by atoms with van der Waals surface area (Å²) in [5, 5.41) is 0.346. The zero-order chi connectivity index (χ0) is 14.8. The van der Waals surface area contributed by atoms with Gasteiger partial charge in [0.25, 0.3) is 0 Å². The molecule has 0 radical (unpaired) electrons. The number of sulfonamides is 1. The molecular formula is C13H17BrClNO3S. The van der Waals surface area contributed by atoms with Crippen molar-refractivity contribution in [3.8, 4) is 5.75 Å². The zero-order valence-corrected chi connectivity index (χ0v) is 14.3. The zero-order valence-electron chi connectivity index (χ0n) is 11.2. The van der Waals surface area contributed by atoms with Crippen molar-refractivity contribution in [2.45, 2.75) is 30.6 Å². The number of benzene rings is 1. The number of rotatable bonds is 5. The van der Waals surface area contributed by atoms with Crippen LogP contribution < -0.4 is 9.46 Å². The third kappa shape index (κ3) is 3.67. The first-order valence-corrected chi connectivity index (χ1v) is 9.12. The normalized spacial score (nSPS) is 16.6. The van der Waals surface area contributed by atoms with Crippen molar-refractivity contribution < 1.29 is 13.2 Å². The molecule has 0 saturated heterocycles. The summed E-state index contributed by atoms with van der Waals surface area (Å²) in [7, 11) is -2.19. The Morgan fingerprint density at radius 3 is 2.65 bits per heavy atom. The second-order valence-corrected chi connectivity index (χ2v) is 7.95. The fraction of sp³-hybridized carbons (Fsp3) is 0.538. The largest absolute Gasteiger partial charge is 0.494 e.